The van der Waals surface area contributed by atoms with Crippen molar-refractivity contribution in [2.45, 2.75) is 19.3 Å². The Morgan fingerprint density at radius 1 is 0.511 bits per heavy atom. The van der Waals surface area contributed by atoms with Gasteiger partial charge in [0.2, 0.25) is 0 Å². The Bertz CT molecular complexity index is 2360. The lowest BCUT2D eigenvalue weighted by Gasteiger charge is -2.36. The van der Waals surface area contributed by atoms with Gasteiger partial charge in [0.25, 0.3) is 0 Å². The molecule has 224 valence electrons. The van der Waals surface area contributed by atoms with Crippen LogP contribution >= 0.6 is 0 Å². The predicted molar refractivity (Wildman–Crippen MR) is 194 cm³/mol. The summed E-state index contributed by atoms with van der Waals surface area (Å²) in [7, 11) is 0. The lowest BCUT2D eigenvalue weighted by atomic mass is 9.74. The number of anilines is 3. The average molecular weight is 605 g/mol. The first-order chi connectivity index (χ1) is 23.1. The van der Waals surface area contributed by atoms with Crippen molar-refractivity contribution in [3.05, 3.63) is 169 Å². The van der Waals surface area contributed by atoms with Crippen molar-refractivity contribution in [1.82, 2.24) is 14.5 Å². The molecule has 0 fully saturated rings. The van der Waals surface area contributed by atoms with Crippen LogP contribution in [-0.4, -0.2) is 14.5 Å². The number of fused-ring (bicyclic) bond motifs is 5. The Hall–Kier alpha value is -6.00. The van der Waals surface area contributed by atoms with Gasteiger partial charge in [-0.3, -0.25) is 9.97 Å². The zero-order valence-electron chi connectivity index (χ0n) is 26.3. The maximum atomic E-state index is 4.66. The second-order valence-electron chi connectivity index (χ2n) is 12.7. The number of hydrogen-bond acceptors (Lipinski definition) is 3. The van der Waals surface area contributed by atoms with Crippen LogP contribution in [0.5, 0.6) is 0 Å². The summed E-state index contributed by atoms with van der Waals surface area (Å²) in [6.07, 6.45) is 3.70. The maximum Gasteiger partial charge on any atom is 0.0702 e. The standard InChI is InChI=1S/C43H32N4/c1-43(2)36-18-11-17-35-34-16-3-4-21-40(34)47(42(35)36)41-23-22-33(28-37(41)43)46(31-14-9-12-29(26-31)38-19-5-7-24-44-38)32-15-10-13-30(27-32)39-20-6-8-25-45-39/h3-28H,1-2H3. The average Bonchev–Trinajstić information content (AvgIpc) is 3.47. The Morgan fingerprint density at radius 3 is 1.77 bits per heavy atom. The van der Waals surface area contributed by atoms with E-state index in [1.807, 2.05) is 36.7 Å². The minimum absolute atomic E-state index is 0.216. The number of hydrogen-bond donors (Lipinski definition) is 0. The number of para-hydroxylation sites is 2. The SMILES string of the molecule is CC1(C)c2cc(N(c3cccc(-c4ccccn4)c3)c3cccc(-c4ccccn4)c3)ccc2-n2c3ccccc3c3cccc1c32. The van der Waals surface area contributed by atoms with Crippen LogP contribution in [0, 0.1) is 0 Å². The summed E-state index contributed by atoms with van der Waals surface area (Å²) in [5.74, 6) is 0. The quantitative estimate of drug-likeness (QED) is 0.196. The molecule has 0 bridgehead atoms. The molecule has 4 nitrogen and oxygen atoms in total. The zero-order valence-corrected chi connectivity index (χ0v) is 26.3. The topological polar surface area (TPSA) is 34.0 Å². The molecule has 8 aromatic rings. The molecule has 5 aromatic carbocycles. The first-order valence-corrected chi connectivity index (χ1v) is 16.1. The monoisotopic (exact) mass is 604 g/mol. The van der Waals surface area contributed by atoms with Crippen molar-refractivity contribution in [3.8, 4) is 28.2 Å². The highest BCUT2D eigenvalue weighted by molar-refractivity contribution is 6.11. The van der Waals surface area contributed by atoms with Crippen LogP contribution < -0.4 is 4.90 Å². The molecule has 47 heavy (non-hydrogen) atoms. The van der Waals surface area contributed by atoms with Crippen LogP contribution in [0.25, 0.3) is 50.0 Å². The van der Waals surface area contributed by atoms with E-state index in [1.54, 1.807) is 0 Å². The summed E-state index contributed by atoms with van der Waals surface area (Å²) < 4.78 is 2.47. The highest BCUT2D eigenvalue weighted by Crippen LogP contribution is 2.49. The molecule has 1 aliphatic rings. The van der Waals surface area contributed by atoms with E-state index in [4.69, 9.17) is 0 Å². The van der Waals surface area contributed by atoms with Crippen molar-refractivity contribution in [1.29, 1.82) is 0 Å². The van der Waals surface area contributed by atoms with Crippen LogP contribution in [0.4, 0.5) is 17.1 Å². The molecule has 1 aliphatic heterocycles. The molecule has 4 heterocycles. The number of rotatable bonds is 5. The number of pyridine rings is 2. The van der Waals surface area contributed by atoms with Gasteiger partial charge in [-0.2, -0.15) is 0 Å². The Morgan fingerprint density at radius 2 is 1.11 bits per heavy atom. The largest absolute Gasteiger partial charge is 0.310 e. The molecule has 0 saturated heterocycles. The van der Waals surface area contributed by atoms with Crippen molar-refractivity contribution in [3.63, 3.8) is 0 Å². The van der Waals surface area contributed by atoms with Gasteiger partial charge >= 0.3 is 0 Å². The molecule has 0 radical (unpaired) electrons. The van der Waals surface area contributed by atoms with Gasteiger partial charge in [0.15, 0.2) is 0 Å². The third kappa shape index (κ3) is 4.29. The van der Waals surface area contributed by atoms with Gasteiger partial charge in [-0.1, -0.05) is 86.6 Å². The van der Waals surface area contributed by atoms with Gasteiger partial charge in [-0.05, 0) is 83.9 Å². The molecule has 9 rings (SSSR count). The van der Waals surface area contributed by atoms with Crippen LogP contribution in [0.1, 0.15) is 25.0 Å². The van der Waals surface area contributed by atoms with E-state index in [9.17, 15) is 0 Å². The molecule has 0 N–H and O–H groups in total. The van der Waals surface area contributed by atoms with Gasteiger partial charge in [-0.25, -0.2) is 0 Å². The second kappa shape index (κ2) is 10.5. The van der Waals surface area contributed by atoms with E-state index in [0.717, 1.165) is 39.6 Å². The molecule has 0 amide bonds. The summed E-state index contributed by atoms with van der Waals surface area (Å²) in [6, 6.07) is 52.0. The highest BCUT2D eigenvalue weighted by Gasteiger charge is 2.35. The highest BCUT2D eigenvalue weighted by atomic mass is 15.1. The second-order valence-corrected chi connectivity index (χ2v) is 12.7. The summed E-state index contributed by atoms with van der Waals surface area (Å²) in [5, 5.41) is 2.59. The van der Waals surface area contributed by atoms with Crippen molar-refractivity contribution < 1.29 is 0 Å². The van der Waals surface area contributed by atoms with E-state index < -0.39 is 0 Å². The molecule has 4 heteroatoms. The predicted octanol–water partition coefficient (Wildman–Crippen LogP) is 11.0. The smallest absolute Gasteiger partial charge is 0.0702 e. The fourth-order valence-electron chi connectivity index (χ4n) is 7.40. The summed E-state index contributed by atoms with van der Waals surface area (Å²) in [4.78, 5) is 11.7. The Balaban J connectivity index is 1.28. The summed E-state index contributed by atoms with van der Waals surface area (Å²) in [5.41, 5.74) is 13.5. The zero-order chi connectivity index (χ0) is 31.5. The van der Waals surface area contributed by atoms with Crippen molar-refractivity contribution in [2.75, 3.05) is 4.90 Å². The summed E-state index contributed by atoms with van der Waals surface area (Å²) >= 11 is 0. The minimum atomic E-state index is -0.216. The fourth-order valence-corrected chi connectivity index (χ4v) is 7.40. The lowest BCUT2D eigenvalue weighted by Crippen LogP contribution is -2.26. The number of aromatic nitrogens is 3. The van der Waals surface area contributed by atoms with Gasteiger partial charge in [-0.15, -0.1) is 0 Å². The van der Waals surface area contributed by atoms with E-state index in [0.29, 0.717) is 0 Å². The van der Waals surface area contributed by atoms with Crippen LogP contribution in [0.15, 0.2) is 158 Å². The molecular weight excluding hydrogens is 573 g/mol. The lowest BCUT2D eigenvalue weighted by molar-refractivity contribution is 0.630. The fraction of sp³-hybridized carbons (Fsp3) is 0.0698. The molecule has 3 aromatic heterocycles. The molecule has 0 spiro atoms. The molecule has 0 aliphatic carbocycles. The first kappa shape index (κ1) is 27.3. The van der Waals surface area contributed by atoms with Gasteiger partial charge in [0.05, 0.1) is 28.1 Å². The summed E-state index contributed by atoms with van der Waals surface area (Å²) in [6.45, 7) is 4.72. The molecular formula is C43H32N4. The normalized spacial score (nSPS) is 13.1. The van der Waals surface area contributed by atoms with E-state index in [1.165, 1.54) is 38.6 Å². The number of benzene rings is 5. The van der Waals surface area contributed by atoms with Crippen LogP contribution in [-0.2, 0) is 5.41 Å². The van der Waals surface area contributed by atoms with Crippen molar-refractivity contribution in [2.24, 2.45) is 0 Å². The molecule has 0 saturated carbocycles. The molecule has 0 atom stereocenters. The minimum Gasteiger partial charge on any atom is -0.310 e. The Kier molecular flexibility index (Phi) is 6.12. The van der Waals surface area contributed by atoms with E-state index in [-0.39, 0.29) is 5.41 Å². The van der Waals surface area contributed by atoms with E-state index >= 15 is 0 Å². The van der Waals surface area contributed by atoms with Crippen LogP contribution in [0.3, 0.4) is 0 Å². The van der Waals surface area contributed by atoms with Gasteiger partial charge in [0.1, 0.15) is 0 Å². The van der Waals surface area contributed by atoms with E-state index in [2.05, 4.69) is 155 Å². The number of nitrogens with zero attached hydrogens (tertiary/aromatic N) is 4. The van der Waals surface area contributed by atoms with Crippen LogP contribution in [0.2, 0.25) is 0 Å². The first-order valence-electron chi connectivity index (χ1n) is 16.1. The third-order valence-corrected chi connectivity index (χ3v) is 9.65. The van der Waals surface area contributed by atoms with Gasteiger partial charge < -0.3 is 9.47 Å². The Labute approximate surface area is 274 Å². The van der Waals surface area contributed by atoms with Crippen molar-refractivity contribution >= 4 is 38.9 Å². The van der Waals surface area contributed by atoms with Gasteiger partial charge in [0, 0.05) is 56.8 Å². The maximum absolute atomic E-state index is 4.66. The molecule has 0 unspecified atom stereocenters. The third-order valence-electron chi connectivity index (χ3n) is 9.65.